The zero-order chi connectivity index (χ0) is 12.2. The van der Waals surface area contributed by atoms with Crippen molar-refractivity contribution < 1.29 is 14.2 Å². The predicted octanol–water partition coefficient (Wildman–Crippen LogP) is 3.13. The predicted molar refractivity (Wildman–Crippen MR) is 64.5 cm³/mol. The molecule has 1 aromatic rings. The molecule has 0 saturated heterocycles. The average molecular weight is 224 g/mol. The number of hydrogen-bond donors (Lipinski definition) is 0. The largest absolute Gasteiger partial charge is 0.496 e. The van der Waals surface area contributed by atoms with Gasteiger partial charge in [0.15, 0.2) is 0 Å². The molecule has 0 spiro atoms. The summed E-state index contributed by atoms with van der Waals surface area (Å²) in [4.78, 5) is 0. The minimum Gasteiger partial charge on any atom is -0.496 e. The molecular formula is C13H20O3. The van der Waals surface area contributed by atoms with E-state index in [1.54, 1.807) is 14.2 Å². The molecule has 0 unspecified atom stereocenters. The number of benzene rings is 1. The molecule has 16 heavy (non-hydrogen) atoms. The number of ether oxygens (including phenoxy) is 3. The molecule has 3 heteroatoms. The van der Waals surface area contributed by atoms with E-state index in [2.05, 4.69) is 20.8 Å². The van der Waals surface area contributed by atoms with Gasteiger partial charge in [-0.1, -0.05) is 20.8 Å². The van der Waals surface area contributed by atoms with Gasteiger partial charge in [0.1, 0.15) is 17.2 Å². The van der Waals surface area contributed by atoms with Crippen LogP contribution in [0, 0.1) is 5.41 Å². The molecule has 0 atom stereocenters. The van der Waals surface area contributed by atoms with Crippen molar-refractivity contribution in [2.24, 2.45) is 5.41 Å². The van der Waals surface area contributed by atoms with Crippen molar-refractivity contribution in [3.63, 3.8) is 0 Å². The molecule has 3 nitrogen and oxygen atoms in total. The normalized spacial score (nSPS) is 11.1. The van der Waals surface area contributed by atoms with Crippen molar-refractivity contribution in [2.75, 3.05) is 20.8 Å². The second-order valence-electron chi connectivity index (χ2n) is 4.90. The molecular weight excluding hydrogens is 204 g/mol. The summed E-state index contributed by atoms with van der Waals surface area (Å²) in [6.07, 6.45) is 0. The van der Waals surface area contributed by atoms with Crippen LogP contribution in [0.5, 0.6) is 17.2 Å². The van der Waals surface area contributed by atoms with Gasteiger partial charge < -0.3 is 14.2 Å². The quantitative estimate of drug-likeness (QED) is 0.786. The highest BCUT2D eigenvalue weighted by Crippen LogP contribution is 2.28. The van der Waals surface area contributed by atoms with Gasteiger partial charge in [-0.05, 0) is 5.41 Å². The minimum atomic E-state index is 0.135. The zero-order valence-electron chi connectivity index (χ0n) is 10.7. The summed E-state index contributed by atoms with van der Waals surface area (Å²) in [6, 6.07) is 5.53. The molecule has 0 aliphatic heterocycles. The van der Waals surface area contributed by atoms with Crippen LogP contribution < -0.4 is 14.2 Å². The van der Waals surface area contributed by atoms with Crippen molar-refractivity contribution in [3.05, 3.63) is 18.2 Å². The highest BCUT2D eigenvalue weighted by molar-refractivity contribution is 5.41. The zero-order valence-corrected chi connectivity index (χ0v) is 10.7. The molecule has 0 radical (unpaired) electrons. The molecule has 0 fully saturated rings. The number of hydrogen-bond acceptors (Lipinski definition) is 3. The van der Waals surface area contributed by atoms with E-state index in [1.165, 1.54) is 0 Å². The highest BCUT2D eigenvalue weighted by atomic mass is 16.5. The Hall–Kier alpha value is -1.38. The Balaban J connectivity index is 2.79. The fourth-order valence-electron chi connectivity index (χ4n) is 1.16. The monoisotopic (exact) mass is 224 g/mol. The number of methoxy groups -OCH3 is 2. The molecule has 0 bridgehead atoms. The lowest BCUT2D eigenvalue weighted by Crippen LogP contribution is -2.16. The Kier molecular flexibility index (Phi) is 4.05. The van der Waals surface area contributed by atoms with Crippen LogP contribution in [0.4, 0.5) is 0 Å². The molecule has 0 heterocycles. The van der Waals surface area contributed by atoms with E-state index >= 15 is 0 Å². The fourth-order valence-corrected chi connectivity index (χ4v) is 1.16. The first-order valence-electron chi connectivity index (χ1n) is 5.30. The molecule has 90 valence electrons. The van der Waals surface area contributed by atoms with Gasteiger partial charge in [0.05, 0.1) is 20.8 Å². The Labute approximate surface area is 97.3 Å². The summed E-state index contributed by atoms with van der Waals surface area (Å²) in [5.41, 5.74) is 0.135. The molecule has 0 aliphatic carbocycles. The second-order valence-corrected chi connectivity index (χ2v) is 4.90. The maximum atomic E-state index is 5.70. The van der Waals surface area contributed by atoms with Gasteiger partial charge in [-0.15, -0.1) is 0 Å². The van der Waals surface area contributed by atoms with Gasteiger partial charge >= 0.3 is 0 Å². The topological polar surface area (TPSA) is 27.7 Å². The van der Waals surface area contributed by atoms with Gasteiger partial charge in [0.2, 0.25) is 0 Å². The standard InChI is InChI=1S/C13H20O3/c1-13(2,3)9-16-12-7-10(14-4)6-11(8-12)15-5/h6-8H,9H2,1-5H3. The Bertz CT molecular complexity index is 317. The third-order valence-electron chi connectivity index (χ3n) is 2.00. The number of rotatable bonds is 4. The average Bonchev–Trinajstić information content (AvgIpc) is 2.25. The first-order valence-corrected chi connectivity index (χ1v) is 5.30. The van der Waals surface area contributed by atoms with E-state index in [-0.39, 0.29) is 5.41 Å². The summed E-state index contributed by atoms with van der Waals surface area (Å²) in [5.74, 6) is 2.25. The van der Waals surface area contributed by atoms with Crippen molar-refractivity contribution in [2.45, 2.75) is 20.8 Å². The summed E-state index contributed by atoms with van der Waals surface area (Å²) in [6.45, 7) is 7.04. The van der Waals surface area contributed by atoms with E-state index in [1.807, 2.05) is 18.2 Å². The van der Waals surface area contributed by atoms with E-state index < -0.39 is 0 Å². The van der Waals surface area contributed by atoms with Crippen LogP contribution in [0.3, 0.4) is 0 Å². The SMILES string of the molecule is COc1cc(OC)cc(OCC(C)(C)C)c1. The maximum absolute atomic E-state index is 5.70. The fraction of sp³-hybridized carbons (Fsp3) is 0.538. The van der Waals surface area contributed by atoms with Gasteiger partial charge in [-0.25, -0.2) is 0 Å². The van der Waals surface area contributed by atoms with E-state index in [0.717, 1.165) is 17.2 Å². The van der Waals surface area contributed by atoms with Crippen LogP contribution in [0.25, 0.3) is 0 Å². The highest BCUT2D eigenvalue weighted by Gasteiger charge is 2.12. The van der Waals surface area contributed by atoms with Gasteiger partial charge in [-0.3, -0.25) is 0 Å². The minimum absolute atomic E-state index is 0.135. The van der Waals surface area contributed by atoms with Crippen molar-refractivity contribution in [3.8, 4) is 17.2 Å². The lowest BCUT2D eigenvalue weighted by atomic mass is 9.99. The van der Waals surface area contributed by atoms with E-state index in [0.29, 0.717) is 6.61 Å². The third kappa shape index (κ3) is 4.01. The summed E-state index contributed by atoms with van der Waals surface area (Å²) in [5, 5.41) is 0. The van der Waals surface area contributed by atoms with Gasteiger partial charge in [0, 0.05) is 18.2 Å². The Morgan fingerprint density at radius 1 is 0.875 bits per heavy atom. The van der Waals surface area contributed by atoms with Crippen LogP contribution in [0.1, 0.15) is 20.8 Å². The first kappa shape index (κ1) is 12.7. The lowest BCUT2D eigenvalue weighted by Gasteiger charge is -2.19. The van der Waals surface area contributed by atoms with Crippen LogP contribution in [0.2, 0.25) is 0 Å². The summed E-state index contributed by atoms with van der Waals surface area (Å²) >= 11 is 0. The van der Waals surface area contributed by atoms with Crippen LogP contribution in [-0.4, -0.2) is 20.8 Å². The van der Waals surface area contributed by atoms with Crippen LogP contribution >= 0.6 is 0 Å². The van der Waals surface area contributed by atoms with Crippen LogP contribution in [-0.2, 0) is 0 Å². The Morgan fingerprint density at radius 3 is 1.69 bits per heavy atom. The summed E-state index contributed by atoms with van der Waals surface area (Å²) < 4.78 is 16.0. The van der Waals surface area contributed by atoms with Crippen molar-refractivity contribution in [1.29, 1.82) is 0 Å². The van der Waals surface area contributed by atoms with Gasteiger partial charge in [0.25, 0.3) is 0 Å². The third-order valence-corrected chi connectivity index (χ3v) is 2.00. The van der Waals surface area contributed by atoms with Crippen LogP contribution in [0.15, 0.2) is 18.2 Å². The molecule has 0 amide bonds. The van der Waals surface area contributed by atoms with E-state index in [9.17, 15) is 0 Å². The Morgan fingerprint density at radius 2 is 1.31 bits per heavy atom. The smallest absolute Gasteiger partial charge is 0.126 e. The maximum Gasteiger partial charge on any atom is 0.126 e. The molecule has 0 saturated carbocycles. The van der Waals surface area contributed by atoms with Crippen molar-refractivity contribution in [1.82, 2.24) is 0 Å². The molecule has 0 N–H and O–H groups in total. The molecule has 1 rings (SSSR count). The lowest BCUT2D eigenvalue weighted by molar-refractivity contribution is 0.196. The molecule has 1 aromatic carbocycles. The van der Waals surface area contributed by atoms with Gasteiger partial charge in [-0.2, -0.15) is 0 Å². The summed E-state index contributed by atoms with van der Waals surface area (Å²) in [7, 11) is 3.25. The molecule has 0 aliphatic rings. The molecule has 0 aromatic heterocycles. The second kappa shape index (κ2) is 5.10. The first-order chi connectivity index (χ1) is 7.44. The van der Waals surface area contributed by atoms with E-state index in [4.69, 9.17) is 14.2 Å². The van der Waals surface area contributed by atoms with Crippen molar-refractivity contribution >= 4 is 0 Å².